The van der Waals surface area contributed by atoms with E-state index < -0.39 is 5.97 Å². The number of methoxy groups -OCH3 is 1. The van der Waals surface area contributed by atoms with Crippen LogP contribution in [0.3, 0.4) is 0 Å². The Kier molecular flexibility index (Phi) is 9.18. The molecule has 8 nitrogen and oxygen atoms in total. The fourth-order valence-corrected chi connectivity index (χ4v) is 4.30. The SMILES string of the molecule is COc1ccc(N2CCN(C(=O)COC(=O)/C(C#N)=C/c3cc(C)n(CCC(C)C)c3C)CC2)cc1. The molecular weight excluding hydrogens is 456 g/mol. The molecule has 0 bridgehead atoms. The second-order valence-electron chi connectivity index (χ2n) is 9.47. The fourth-order valence-electron chi connectivity index (χ4n) is 4.30. The van der Waals surface area contributed by atoms with Crippen molar-refractivity contribution in [3.8, 4) is 11.8 Å². The molecule has 1 saturated heterocycles. The van der Waals surface area contributed by atoms with Gasteiger partial charge in [-0.05, 0) is 68.2 Å². The third-order valence-corrected chi connectivity index (χ3v) is 6.58. The van der Waals surface area contributed by atoms with Gasteiger partial charge in [-0.2, -0.15) is 5.26 Å². The van der Waals surface area contributed by atoms with E-state index in [0.717, 1.165) is 41.4 Å². The molecule has 0 atom stereocenters. The lowest BCUT2D eigenvalue weighted by Crippen LogP contribution is -2.49. The van der Waals surface area contributed by atoms with Crippen LogP contribution in [0.1, 0.15) is 37.2 Å². The van der Waals surface area contributed by atoms with Gasteiger partial charge in [0.05, 0.1) is 7.11 Å². The van der Waals surface area contributed by atoms with Crippen molar-refractivity contribution in [1.82, 2.24) is 9.47 Å². The molecule has 0 spiro atoms. The first-order valence-electron chi connectivity index (χ1n) is 12.4. The molecule has 8 heteroatoms. The van der Waals surface area contributed by atoms with Crippen LogP contribution in [-0.4, -0.2) is 61.2 Å². The molecule has 1 aromatic carbocycles. The van der Waals surface area contributed by atoms with Crippen LogP contribution in [0.15, 0.2) is 35.9 Å². The third kappa shape index (κ3) is 6.69. The Bertz CT molecular complexity index is 1130. The maximum atomic E-state index is 12.6. The van der Waals surface area contributed by atoms with Gasteiger partial charge in [-0.15, -0.1) is 0 Å². The standard InChI is InChI=1S/C28H36N4O4/c1-20(2)10-11-32-21(3)16-23(22(32)4)17-24(18-29)28(34)36-19-27(33)31-14-12-30(13-15-31)25-6-8-26(35-5)9-7-25/h6-9,16-17,20H,10-15,19H2,1-5H3/b24-17+. The highest BCUT2D eigenvalue weighted by molar-refractivity contribution is 5.99. The number of aryl methyl sites for hydroxylation is 1. The number of ether oxygens (including phenoxy) is 2. The van der Waals surface area contributed by atoms with Crippen LogP contribution in [0.5, 0.6) is 5.75 Å². The number of nitriles is 1. The first kappa shape index (κ1) is 26.9. The first-order valence-corrected chi connectivity index (χ1v) is 12.4. The molecule has 0 N–H and O–H groups in total. The van der Waals surface area contributed by atoms with E-state index in [1.54, 1.807) is 18.1 Å². The van der Waals surface area contributed by atoms with Crippen LogP contribution in [-0.2, 0) is 20.9 Å². The molecule has 1 aromatic heterocycles. The number of amides is 1. The summed E-state index contributed by atoms with van der Waals surface area (Å²) in [5.41, 5.74) is 3.84. The maximum Gasteiger partial charge on any atom is 0.349 e. The number of esters is 1. The number of benzene rings is 1. The monoisotopic (exact) mass is 492 g/mol. The molecule has 2 heterocycles. The van der Waals surface area contributed by atoms with E-state index in [4.69, 9.17) is 9.47 Å². The Hall–Kier alpha value is -3.73. The number of nitrogens with zero attached hydrogens (tertiary/aromatic N) is 4. The molecule has 36 heavy (non-hydrogen) atoms. The van der Waals surface area contributed by atoms with Crippen LogP contribution in [0, 0.1) is 31.1 Å². The third-order valence-electron chi connectivity index (χ3n) is 6.58. The Morgan fingerprint density at radius 3 is 2.36 bits per heavy atom. The average Bonchev–Trinajstić information content (AvgIpc) is 3.16. The molecule has 0 aliphatic carbocycles. The van der Waals surface area contributed by atoms with E-state index in [1.165, 1.54) is 0 Å². The number of aromatic nitrogens is 1. The van der Waals surface area contributed by atoms with Crippen LogP contribution < -0.4 is 9.64 Å². The summed E-state index contributed by atoms with van der Waals surface area (Å²) in [7, 11) is 1.63. The summed E-state index contributed by atoms with van der Waals surface area (Å²) in [5.74, 6) is 0.337. The van der Waals surface area contributed by atoms with E-state index in [-0.39, 0.29) is 18.1 Å². The number of rotatable bonds is 9. The van der Waals surface area contributed by atoms with Crippen molar-refractivity contribution in [2.75, 3.05) is 44.8 Å². The molecule has 1 aliphatic rings. The Balaban J connectivity index is 1.54. The minimum Gasteiger partial charge on any atom is -0.497 e. The van der Waals surface area contributed by atoms with Crippen molar-refractivity contribution >= 4 is 23.6 Å². The first-order chi connectivity index (χ1) is 17.2. The van der Waals surface area contributed by atoms with E-state index >= 15 is 0 Å². The lowest BCUT2D eigenvalue weighted by molar-refractivity contribution is -0.148. The van der Waals surface area contributed by atoms with E-state index in [1.807, 2.05) is 50.2 Å². The molecule has 1 aliphatic heterocycles. The molecule has 0 radical (unpaired) electrons. The van der Waals surface area contributed by atoms with Gasteiger partial charge >= 0.3 is 5.97 Å². The Morgan fingerprint density at radius 1 is 1.11 bits per heavy atom. The predicted molar refractivity (Wildman–Crippen MR) is 140 cm³/mol. The summed E-state index contributed by atoms with van der Waals surface area (Å²) >= 11 is 0. The summed E-state index contributed by atoms with van der Waals surface area (Å²) in [6.45, 7) is 11.3. The Morgan fingerprint density at radius 2 is 1.78 bits per heavy atom. The van der Waals surface area contributed by atoms with Gasteiger partial charge in [0.2, 0.25) is 0 Å². The Labute approximate surface area is 213 Å². The van der Waals surface area contributed by atoms with Crippen molar-refractivity contribution in [1.29, 1.82) is 5.26 Å². The van der Waals surface area contributed by atoms with Crippen molar-refractivity contribution in [2.45, 2.75) is 40.7 Å². The van der Waals surface area contributed by atoms with Gasteiger partial charge in [0.25, 0.3) is 5.91 Å². The largest absolute Gasteiger partial charge is 0.497 e. The topological polar surface area (TPSA) is 87.8 Å². The van der Waals surface area contributed by atoms with Crippen LogP contribution in [0.25, 0.3) is 6.08 Å². The van der Waals surface area contributed by atoms with Gasteiger partial charge in [-0.25, -0.2) is 4.79 Å². The van der Waals surface area contributed by atoms with Crippen LogP contribution in [0.2, 0.25) is 0 Å². The molecule has 0 unspecified atom stereocenters. The van der Waals surface area contributed by atoms with E-state index in [2.05, 4.69) is 23.3 Å². The summed E-state index contributed by atoms with van der Waals surface area (Å²) in [5, 5.41) is 9.55. The number of anilines is 1. The molecule has 0 saturated carbocycles. The molecule has 2 aromatic rings. The second-order valence-corrected chi connectivity index (χ2v) is 9.47. The van der Waals surface area contributed by atoms with Gasteiger partial charge in [-0.1, -0.05) is 13.8 Å². The summed E-state index contributed by atoms with van der Waals surface area (Å²) in [6, 6.07) is 11.7. The number of carbonyl (C=O) groups excluding carboxylic acids is 2. The normalized spacial score (nSPS) is 14.1. The number of carbonyl (C=O) groups is 2. The van der Waals surface area contributed by atoms with Gasteiger partial charge in [0.1, 0.15) is 17.4 Å². The predicted octanol–water partition coefficient (Wildman–Crippen LogP) is 3.96. The van der Waals surface area contributed by atoms with E-state index in [9.17, 15) is 14.9 Å². The minimum absolute atomic E-state index is 0.115. The fraction of sp³-hybridized carbons (Fsp3) is 0.464. The quantitative estimate of drug-likeness (QED) is 0.299. The zero-order valence-electron chi connectivity index (χ0n) is 21.9. The van der Waals surface area contributed by atoms with Crippen molar-refractivity contribution in [3.63, 3.8) is 0 Å². The van der Waals surface area contributed by atoms with Gasteiger partial charge in [0.15, 0.2) is 6.61 Å². The maximum absolute atomic E-state index is 12.6. The van der Waals surface area contributed by atoms with Gasteiger partial charge in [0, 0.05) is 49.8 Å². The molecule has 192 valence electrons. The van der Waals surface area contributed by atoms with Crippen LogP contribution >= 0.6 is 0 Å². The lowest BCUT2D eigenvalue weighted by Gasteiger charge is -2.36. The van der Waals surface area contributed by atoms with Gasteiger partial charge in [-0.3, -0.25) is 4.79 Å². The molecular formula is C28H36N4O4. The van der Waals surface area contributed by atoms with Crippen LogP contribution in [0.4, 0.5) is 5.69 Å². The zero-order valence-corrected chi connectivity index (χ0v) is 21.9. The number of hydrogen-bond donors (Lipinski definition) is 0. The lowest BCUT2D eigenvalue weighted by atomic mass is 10.1. The second kappa shape index (κ2) is 12.3. The summed E-state index contributed by atoms with van der Waals surface area (Å²) in [4.78, 5) is 29.1. The highest BCUT2D eigenvalue weighted by atomic mass is 16.5. The highest BCUT2D eigenvalue weighted by Crippen LogP contribution is 2.22. The van der Waals surface area contributed by atoms with Crippen molar-refractivity contribution < 1.29 is 19.1 Å². The number of hydrogen-bond acceptors (Lipinski definition) is 6. The summed E-state index contributed by atoms with van der Waals surface area (Å²) < 4.78 is 12.6. The summed E-state index contributed by atoms with van der Waals surface area (Å²) in [6.07, 6.45) is 2.60. The van der Waals surface area contributed by atoms with Gasteiger partial charge < -0.3 is 23.8 Å². The smallest absolute Gasteiger partial charge is 0.349 e. The van der Waals surface area contributed by atoms with Crippen molar-refractivity contribution in [3.05, 3.63) is 52.9 Å². The van der Waals surface area contributed by atoms with Crippen molar-refractivity contribution in [2.24, 2.45) is 5.92 Å². The molecule has 3 rings (SSSR count). The number of piperazine rings is 1. The minimum atomic E-state index is -0.783. The average molecular weight is 493 g/mol. The zero-order chi connectivity index (χ0) is 26.2. The molecule has 1 amide bonds. The molecule has 1 fully saturated rings. The van der Waals surface area contributed by atoms with E-state index in [0.29, 0.717) is 32.1 Å². The highest BCUT2D eigenvalue weighted by Gasteiger charge is 2.23.